The minimum absolute atomic E-state index is 0.162. The van der Waals surface area contributed by atoms with Gasteiger partial charge in [-0.05, 0) is 48.8 Å². The molecule has 1 N–H and O–H groups in total. The Labute approximate surface area is 125 Å². The van der Waals surface area contributed by atoms with Gasteiger partial charge in [-0.1, -0.05) is 43.0 Å². The molecular formula is C17H21ClO2. The molecule has 3 heteroatoms. The van der Waals surface area contributed by atoms with Crippen LogP contribution >= 0.6 is 11.6 Å². The lowest BCUT2D eigenvalue weighted by atomic mass is 9.65. The van der Waals surface area contributed by atoms with Crippen molar-refractivity contribution in [1.82, 2.24) is 0 Å². The van der Waals surface area contributed by atoms with Crippen LogP contribution in [0.15, 0.2) is 18.2 Å². The number of hydrogen-bond donors (Lipinski definition) is 1. The molecule has 0 aliphatic heterocycles. The molecule has 0 spiro atoms. The number of aliphatic carboxylic acids is 1. The van der Waals surface area contributed by atoms with E-state index in [2.05, 4.69) is 6.07 Å². The fourth-order valence-electron chi connectivity index (χ4n) is 4.20. The third kappa shape index (κ3) is 2.46. The molecule has 2 atom stereocenters. The molecule has 2 aliphatic rings. The van der Waals surface area contributed by atoms with Crippen molar-refractivity contribution in [2.75, 3.05) is 0 Å². The largest absolute Gasteiger partial charge is 0.481 e. The maximum Gasteiger partial charge on any atom is 0.307 e. The second kappa shape index (κ2) is 5.77. The Hall–Kier alpha value is -1.02. The van der Waals surface area contributed by atoms with Gasteiger partial charge in [0, 0.05) is 10.9 Å². The van der Waals surface area contributed by atoms with Crippen LogP contribution < -0.4 is 0 Å². The Bertz CT molecular complexity index is 506. The highest BCUT2D eigenvalue weighted by Crippen LogP contribution is 2.47. The first kappa shape index (κ1) is 13.9. The van der Waals surface area contributed by atoms with Crippen LogP contribution in [0, 0.1) is 11.8 Å². The molecule has 3 rings (SSSR count). The van der Waals surface area contributed by atoms with Crippen molar-refractivity contribution < 1.29 is 9.90 Å². The minimum atomic E-state index is -0.633. The van der Waals surface area contributed by atoms with Gasteiger partial charge in [0.25, 0.3) is 0 Å². The molecule has 0 bridgehead atoms. The fourth-order valence-corrected chi connectivity index (χ4v) is 4.48. The molecule has 108 valence electrons. The summed E-state index contributed by atoms with van der Waals surface area (Å²) in [5, 5.41) is 10.4. The van der Waals surface area contributed by atoms with Gasteiger partial charge in [-0.2, -0.15) is 0 Å². The molecule has 0 aromatic heterocycles. The Morgan fingerprint density at radius 3 is 2.60 bits per heavy atom. The van der Waals surface area contributed by atoms with E-state index in [0.29, 0.717) is 5.92 Å². The zero-order valence-electron chi connectivity index (χ0n) is 11.6. The van der Waals surface area contributed by atoms with Gasteiger partial charge in [0.2, 0.25) is 0 Å². The highest BCUT2D eigenvalue weighted by Gasteiger charge is 2.39. The number of rotatable bonds is 2. The molecule has 0 radical (unpaired) electrons. The van der Waals surface area contributed by atoms with Gasteiger partial charge >= 0.3 is 5.97 Å². The quantitative estimate of drug-likeness (QED) is 0.861. The Morgan fingerprint density at radius 1 is 1.15 bits per heavy atom. The molecule has 1 aromatic rings. The molecule has 0 amide bonds. The third-order valence-corrected chi connectivity index (χ3v) is 5.48. The van der Waals surface area contributed by atoms with E-state index in [-0.39, 0.29) is 11.8 Å². The number of halogens is 1. The monoisotopic (exact) mass is 292 g/mol. The van der Waals surface area contributed by atoms with E-state index in [9.17, 15) is 9.90 Å². The normalized spacial score (nSPS) is 27.1. The lowest BCUT2D eigenvalue weighted by Crippen LogP contribution is -2.33. The van der Waals surface area contributed by atoms with Gasteiger partial charge < -0.3 is 5.11 Å². The van der Waals surface area contributed by atoms with Gasteiger partial charge in [-0.25, -0.2) is 0 Å². The van der Waals surface area contributed by atoms with Crippen molar-refractivity contribution in [3.63, 3.8) is 0 Å². The molecule has 2 aliphatic carbocycles. The summed E-state index contributed by atoms with van der Waals surface area (Å²) >= 11 is 6.33. The summed E-state index contributed by atoms with van der Waals surface area (Å²) in [7, 11) is 0. The van der Waals surface area contributed by atoms with Gasteiger partial charge in [0.15, 0.2) is 0 Å². The Balaban J connectivity index is 2.01. The number of benzene rings is 1. The Kier molecular flexibility index (Phi) is 4.02. The van der Waals surface area contributed by atoms with E-state index in [1.807, 2.05) is 12.1 Å². The SMILES string of the molecule is O=C(O)C1CCc2c(Cl)cccc2C1C1CCCCC1. The lowest BCUT2D eigenvalue weighted by Gasteiger charge is -2.38. The average molecular weight is 293 g/mol. The van der Waals surface area contributed by atoms with E-state index >= 15 is 0 Å². The number of carboxylic acids is 1. The molecule has 0 saturated heterocycles. The zero-order valence-corrected chi connectivity index (χ0v) is 12.4. The van der Waals surface area contributed by atoms with Crippen LogP contribution in [0.2, 0.25) is 5.02 Å². The van der Waals surface area contributed by atoms with Crippen LogP contribution in [0.25, 0.3) is 0 Å². The molecule has 2 unspecified atom stereocenters. The van der Waals surface area contributed by atoms with Crippen LogP contribution in [0.4, 0.5) is 0 Å². The summed E-state index contributed by atoms with van der Waals surface area (Å²) in [4.78, 5) is 11.7. The third-order valence-electron chi connectivity index (χ3n) is 5.13. The highest BCUT2D eigenvalue weighted by molar-refractivity contribution is 6.31. The summed E-state index contributed by atoms with van der Waals surface area (Å²) in [5.74, 6) is -0.187. The van der Waals surface area contributed by atoms with Crippen LogP contribution in [0.5, 0.6) is 0 Å². The maximum absolute atomic E-state index is 11.7. The second-order valence-electron chi connectivity index (χ2n) is 6.21. The molecular weight excluding hydrogens is 272 g/mol. The van der Waals surface area contributed by atoms with E-state index in [1.165, 1.54) is 43.2 Å². The van der Waals surface area contributed by atoms with Gasteiger partial charge in [0.05, 0.1) is 5.92 Å². The molecule has 1 saturated carbocycles. The molecule has 0 heterocycles. The number of hydrogen-bond acceptors (Lipinski definition) is 1. The Morgan fingerprint density at radius 2 is 1.90 bits per heavy atom. The highest BCUT2D eigenvalue weighted by atomic mass is 35.5. The maximum atomic E-state index is 11.7. The summed E-state index contributed by atoms with van der Waals surface area (Å²) < 4.78 is 0. The first-order chi connectivity index (χ1) is 9.68. The first-order valence-corrected chi connectivity index (χ1v) is 8.06. The van der Waals surface area contributed by atoms with E-state index in [4.69, 9.17) is 11.6 Å². The second-order valence-corrected chi connectivity index (χ2v) is 6.62. The molecule has 20 heavy (non-hydrogen) atoms. The van der Waals surface area contributed by atoms with Gasteiger partial charge in [-0.3, -0.25) is 4.79 Å². The summed E-state index contributed by atoms with van der Waals surface area (Å²) in [6.45, 7) is 0. The smallest absolute Gasteiger partial charge is 0.307 e. The topological polar surface area (TPSA) is 37.3 Å². The summed E-state index contributed by atoms with van der Waals surface area (Å²) in [6, 6.07) is 6.01. The van der Waals surface area contributed by atoms with Crippen molar-refractivity contribution in [2.24, 2.45) is 11.8 Å². The van der Waals surface area contributed by atoms with Crippen LogP contribution in [0.1, 0.15) is 55.6 Å². The van der Waals surface area contributed by atoms with Crippen molar-refractivity contribution in [2.45, 2.75) is 50.9 Å². The lowest BCUT2D eigenvalue weighted by molar-refractivity contribution is -0.143. The van der Waals surface area contributed by atoms with Crippen molar-refractivity contribution in [3.05, 3.63) is 34.3 Å². The molecule has 1 aromatic carbocycles. The van der Waals surface area contributed by atoms with Gasteiger partial charge in [-0.15, -0.1) is 0 Å². The number of fused-ring (bicyclic) bond motifs is 1. The van der Waals surface area contributed by atoms with E-state index in [1.54, 1.807) is 0 Å². The van der Waals surface area contributed by atoms with Gasteiger partial charge in [0.1, 0.15) is 0 Å². The standard InChI is InChI=1S/C17H21ClO2/c18-15-8-4-7-13-12(15)9-10-14(17(19)20)16(13)11-5-2-1-3-6-11/h4,7-8,11,14,16H,1-3,5-6,9-10H2,(H,19,20). The van der Waals surface area contributed by atoms with Crippen LogP contribution in [-0.4, -0.2) is 11.1 Å². The minimum Gasteiger partial charge on any atom is -0.481 e. The van der Waals surface area contributed by atoms with Crippen molar-refractivity contribution >= 4 is 17.6 Å². The summed E-state index contributed by atoms with van der Waals surface area (Å²) in [6.07, 6.45) is 7.64. The van der Waals surface area contributed by atoms with E-state index < -0.39 is 5.97 Å². The molecule has 2 nitrogen and oxygen atoms in total. The van der Waals surface area contributed by atoms with Crippen molar-refractivity contribution in [3.8, 4) is 0 Å². The zero-order chi connectivity index (χ0) is 14.1. The van der Waals surface area contributed by atoms with Crippen LogP contribution in [0.3, 0.4) is 0 Å². The molecule has 1 fully saturated rings. The van der Waals surface area contributed by atoms with Crippen molar-refractivity contribution in [1.29, 1.82) is 0 Å². The average Bonchev–Trinajstić information content (AvgIpc) is 2.47. The number of carboxylic acid groups (broad SMARTS) is 1. The predicted octanol–water partition coefficient (Wildman–Crippen LogP) is 4.65. The fraction of sp³-hybridized carbons (Fsp3) is 0.588. The first-order valence-electron chi connectivity index (χ1n) is 7.68. The number of carbonyl (C=O) groups is 1. The summed E-state index contributed by atoms with van der Waals surface area (Å²) in [5.41, 5.74) is 2.41. The predicted molar refractivity (Wildman–Crippen MR) is 80.2 cm³/mol. The van der Waals surface area contributed by atoms with E-state index in [0.717, 1.165) is 17.9 Å². The van der Waals surface area contributed by atoms with Crippen LogP contribution in [-0.2, 0) is 11.2 Å².